The number of rotatable bonds is 4. The van der Waals surface area contributed by atoms with E-state index in [0.29, 0.717) is 34.9 Å². The van der Waals surface area contributed by atoms with Crippen molar-refractivity contribution in [2.24, 2.45) is 0 Å². The summed E-state index contributed by atoms with van der Waals surface area (Å²) in [7, 11) is 0. The summed E-state index contributed by atoms with van der Waals surface area (Å²) in [6.45, 7) is 5.52. The highest BCUT2D eigenvalue weighted by molar-refractivity contribution is 5.92. The molecule has 142 valence electrons. The molecule has 4 aromatic rings. The van der Waals surface area contributed by atoms with Gasteiger partial charge in [-0.25, -0.2) is 9.36 Å². The molecule has 0 aliphatic heterocycles. The average molecular weight is 381 g/mol. The van der Waals surface area contributed by atoms with Crippen molar-refractivity contribution >= 4 is 16.6 Å². The van der Waals surface area contributed by atoms with Gasteiger partial charge in [0.1, 0.15) is 0 Å². The van der Waals surface area contributed by atoms with Crippen LogP contribution in [0.25, 0.3) is 28.2 Å². The monoisotopic (exact) mass is 381 g/mol. The van der Waals surface area contributed by atoms with Gasteiger partial charge in [-0.1, -0.05) is 6.07 Å². The summed E-state index contributed by atoms with van der Waals surface area (Å²) in [6, 6.07) is 6.01. The molecule has 0 radical (unpaired) electrons. The molecule has 0 aliphatic rings. The topological polar surface area (TPSA) is 135 Å². The van der Waals surface area contributed by atoms with Gasteiger partial charge in [0.25, 0.3) is 17.1 Å². The van der Waals surface area contributed by atoms with Crippen LogP contribution in [0.5, 0.6) is 0 Å². The first kappa shape index (κ1) is 17.5. The lowest BCUT2D eigenvalue weighted by molar-refractivity contribution is -0.384. The summed E-state index contributed by atoms with van der Waals surface area (Å²) < 4.78 is 8.26. The Hall–Kier alpha value is -3.89. The Bertz CT molecular complexity index is 1280. The Morgan fingerprint density at radius 3 is 2.64 bits per heavy atom. The first-order chi connectivity index (χ1) is 13.4. The second-order valence-corrected chi connectivity index (χ2v) is 6.09. The third-order valence-corrected chi connectivity index (χ3v) is 4.32. The minimum absolute atomic E-state index is 0.0756. The van der Waals surface area contributed by atoms with Gasteiger partial charge in [0.2, 0.25) is 5.89 Å². The maximum atomic E-state index is 12.8. The van der Waals surface area contributed by atoms with Crippen LogP contribution < -0.4 is 5.56 Å². The highest BCUT2D eigenvalue weighted by atomic mass is 16.6. The largest absolute Gasteiger partial charge is 0.420 e. The molecule has 4 rings (SSSR count). The number of non-ortho nitro benzene ring substituents is 1. The van der Waals surface area contributed by atoms with Crippen molar-refractivity contribution in [3.05, 3.63) is 56.3 Å². The summed E-state index contributed by atoms with van der Waals surface area (Å²) in [5, 5.41) is 28.2. The molecule has 0 saturated carbocycles. The molecule has 0 N–H and O–H groups in total. The van der Waals surface area contributed by atoms with E-state index in [2.05, 4.69) is 20.4 Å². The lowest BCUT2D eigenvalue weighted by Crippen LogP contribution is -2.23. The van der Waals surface area contributed by atoms with Crippen molar-refractivity contribution in [3.8, 4) is 17.3 Å². The highest BCUT2D eigenvalue weighted by Gasteiger charge is 2.23. The quantitative estimate of drug-likeness (QED) is 0.388. The van der Waals surface area contributed by atoms with Crippen molar-refractivity contribution in [3.63, 3.8) is 0 Å². The summed E-state index contributed by atoms with van der Waals surface area (Å²) in [6.07, 6.45) is 0. The first-order valence-electron chi connectivity index (χ1n) is 8.46. The van der Waals surface area contributed by atoms with E-state index in [9.17, 15) is 14.9 Å². The van der Waals surface area contributed by atoms with Crippen LogP contribution >= 0.6 is 0 Å². The van der Waals surface area contributed by atoms with Crippen LogP contribution in [-0.2, 0) is 6.54 Å². The molecule has 11 nitrogen and oxygen atoms in total. The number of fused-ring (bicyclic) bond motifs is 1. The van der Waals surface area contributed by atoms with Gasteiger partial charge in [-0.3, -0.25) is 14.9 Å². The minimum Gasteiger partial charge on any atom is -0.420 e. The summed E-state index contributed by atoms with van der Waals surface area (Å²) in [5.74, 6) is 0.536. The van der Waals surface area contributed by atoms with E-state index in [1.165, 1.54) is 21.5 Å². The fourth-order valence-electron chi connectivity index (χ4n) is 3.02. The van der Waals surface area contributed by atoms with E-state index >= 15 is 0 Å². The number of aromatic nitrogens is 6. The third kappa shape index (κ3) is 2.64. The lowest BCUT2D eigenvalue weighted by atomic mass is 10.2. The van der Waals surface area contributed by atoms with Gasteiger partial charge in [0.05, 0.1) is 21.7 Å². The van der Waals surface area contributed by atoms with Gasteiger partial charge < -0.3 is 4.42 Å². The van der Waals surface area contributed by atoms with Crippen LogP contribution in [0.3, 0.4) is 0 Å². The molecule has 1 aromatic carbocycles. The van der Waals surface area contributed by atoms with E-state index in [1.54, 1.807) is 32.9 Å². The van der Waals surface area contributed by atoms with Crippen LogP contribution in [0.1, 0.15) is 18.5 Å². The molecule has 3 heterocycles. The molecule has 11 heteroatoms. The molecular weight excluding hydrogens is 366 g/mol. The van der Waals surface area contributed by atoms with Crippen LogP contribution in [0, 0.1) is 24.0 Å². The number of aryl methyl sites for hydroxylation is 3. The van der Waals surface area contributed by atoms with Crippen molar-refractivity contribution in [1.82, 2.24) is 29.8 Å². The maximum Gasteiger partial charge on any atom is 0.295 e. The Kier molecular flexibility index (Phi) is 3.99. The highest BCUT2D eigenvalue weighted by Crippen LogP contribution is 2.28. The van der Waals surface area contributed by atoms with Gasteiger partial charge >= 0.3 is 0 Å². The normalized spacial score (nSPS) is 11.2. The fourth-order valence-corrected chi connectivity index (χ4v) is 3.02. The van der Waals surface area contributed by atoms with Crippen LogP contribution in [0.2, 0.25) is 0 Å². The minimum atomic E-state index is -0.486. The predicted molar refractivity (Wildman–Crippen MR) is 98.2 cm³/mol. The van der Waals surface area contributed by atoms with E-state index in [0.717, 1.165) is 0 Å². The van der Waals surface area contributed by atoms with Crippen LogP contribution in [-0.4, -0.2) is 34.7 Å². The van der Waals surface area contributed by atoms with E-state index in [1.807, 2.05) is 0 Å². The molecule has 0 unspecified atom stereocenters. The first-order valence-corrected chi connectivity index (χ1v) is 8.46. The SMILES string of the molecule is CCn1nc(-c2nnc(C)o2)c2c(C)n(-c3cccc([N+](=O)[O-])c3)nc2c1=O. The number of benzene rings is 1. The molecular formula is C17H15N7O4. The fraction of sp³-hybridized carbons (Fsp3) is 0.235. The third-order valence-electron chi connectivity index (χ3n) is 4.32. The number of nitro groups is 1. The predicted octanol–water partition coefficient (Wildman–Crippen LogP) is 2.18. The molecule has 0 saturated heterocycles. The van der Waals surface area contributed by atoms with Gasteiger partial charge in [0.15, 0.2) is 11.2 Å². The Labute approximate surface area is 157 Å². The molecule has 0 atom stereocenters. The van der Waals surface area contributed by atoms with Gasteiger partial charge in [-0.15, -0.1) is 10.2 Å². The van der Waals surface area contributed by atoms with Crippen LogP contribution in [0.4, 0.5) is 5.69 Å². The molecule has 0 fully saturated rings. The summed E-state index contributed by atoms with van der Waals surface area (Å²) in [4.78, 5) is 23.4. The van der Waals surface area contributed by atoms with Crippen molar-refractivity contribution in [1.29, 1.82) is 0 Å². The van der Waals surface area contributed by atoms with E-state index < -0.39 is 4.92 Å². The number of nitrogens with zero attached hydrogens (tertiary/aromatic N) is 7. The second-order valence-electron chi connectivity index (χ2n) is 6.09. The average Bonchev–Trinajstić information content (AvgIpc) is 3.27. The zero-order valence-corrected chi connectivity index (χ0v) is 15.3. The van der Waals surface area contributed by atoms with Crippen molar-refractivity contribution in [2.75, 3.05) is 0 Å². The number of hydrogen-bond donors (Lipinski definition) is 0. The Morgan fingerprint density at radius 2 is 2.00 bits per heavy atom. The second kappa shape index (κ2) is 6.37. The molecule has 3 aromatic heterocycles. The zero-order valence-electron chi connectivity index (χ0n) is 15.3. The summed E-state index contributed by atoms with van der Waals surface area (Å²) >= 11 is 0. The van der Waals surface area contributed by atoms with Crippen molar-refractivity contribution in [2.45, 2.75) is 27.3 Å². The molecule has 0 aliphatic carbocycles. The standard InChI is InChI=1S/C17H15N7O4/c1-4-22-17(25)15-13(14(20-22)16-19-18-10(3)28-16)9(2)23(21-15)11-6-5-7-12(8-11)24(26)27/h5-8H,4H2,1-3H3. The number of nitro benzene ring substituents is 1. The smallest absolute Gasteiger partial charge is 0.295 e. The molecule has 0 bridgehead atoms. The van der Waals surface area contributed by atoms with Gasteiger partial charge in [-0.05, 0) is 19.9 Å². The number of hydrogen-bond acceptors (Lipinski definition) is 8. The molecule has 0 spiro atoms. The molecule has 0 amide bonds. The Balaban J connectivity index is 2.05. The van der Waals surface area contributed by atoms with Gasteiger partial charge in [-0.2, -0.15) is 10.2 Å². The summed E-state index contributed by atoms with van der Waals surface area (Å²) in [5.41, 5.74) is 1.10. The molecule has 28 heavy (non-hydrogen) atoms. The maximum absolute atomic E-state index is 12.8. The van der Waals surface area contributed by atoms with Crippen LogP contribution in [0.15, 0.2) is 33.5 Å². The van der Waals surface area contributed by atoms with Gasteiger partial charge in [0, 0.05) is 25.6 Å². The van der Waals surface area contributed by atoms with Crippen molar-refractivity contribution < 1.29 is 9.34 Å². The Morgan fingerprint density at radius 1 is 1.21 bits per heavy atom. The zero-order chi connectivity index (χ0) is 20.0. The van der Waals surface area contributed by atoms with E-state index in [-0.39, 0.29) is 22.7 Å². The van der Waals surface area contributed by atoms with E-state index in [4.69, 9.17) is 4.42 Å². The lowest BCUT2D eigenvalue weighted by Gasteiger charge is -2.05.